The van der Waals surface area contributed by atoms with Gasteiger partial charge in [-0.05, 0) is 150 Å². The van der Waals surface area contributed by atoms with E-state index >= 15 is 0 Å². The second-order valence-corrected chi connectivity index (χ2v) is 21.9. The number of ether oxygens (including phenoxy) is 1. The summed E-state index contributed by atoms with van der Waals surface area (Å²) in [5.41, 5.74) is 6.55. The van der Waals surface area contributed by atoms with Crippen LogP contribution in [0.2, 0.25) is 0 Å². The normalized spacial score (nSPS) is 40.4. The van der Waals surface area contributed by atoms with E-state index in [1.807, 2.05) is 0 Å². The van der Waals surface area contributed by atoms with E-state index in [9.17, 15) is 30.0 Å². The molecule has 6 fully saturated rings. The maximum absolute atomic E-state index is 13.9. The van der Waals surface area contributed by atoms with Crippen LogP contribution in [0.5, 0.6) is 0 Å². The number of aliphatic hydroxyl groups excluding tert-OH is 4. The average Bonchev–Trinajstić information content (AvgIpc) is 3.32. The van der Waals surface area contributed by atoms with Crippen LogP contribution in [0, 0.1) is 82.9 Å². The molecular formula is C51H87N3O7+2. The minimum Gasteiger partial charge on any atom is -0.396 e. The predicted octanol–water partition coefficient (Wildman–Crippen LogP) is 4.24. The molecule has 5 aliphatic carbocycles. The fraction of sp³-hybridized carbons (Fsp3) is 0.922. The highest BCUT2D eigenvalue weighted by atomic mass is 16.5. The van der Waals surface area contributed by atoms with E-state index in [1.54, 1.807) is 7.11 Å². The van der Waals surface area contributed by atoms with Crippen molar-refractivity contribution >= 4 is 11.6 Å². The summed E-state index contributed by atoms with van der Waals surface area (Å²) in [7, 11) is 1.67. The Kier molecular flexibility index (Phi) is 18.0. The van der Waals surface area contributed by atoms with Crippen LogP contribution in [0.25, 0.3) is 0 Å². The second kappa shape index (κ2) is 23.2. The molecule has 10 heteroatoms. The molecule has 2 saturated heterocycles. The Labute approximate surface area is 368 Å². The summed E-state index contributed by atoms with van der Waals surface area (Å²) in [4.78, 5) is 26.1. The topological polar surface area (TPSA) is 184 Å². The Morgan fingerprint density at radius 3 is 2.36 bits per heavy atom. The summed E-state index contributed by atoms with van der Waals surface area (Å²) in [5.74, 6) is 11.9. The fourth-order valence-corrected chi connectivity index (χ4v) is 14.8. The number of nitrogens with two attached hydrogens (primary N) is 3. The largest absolute Gasteiger partial charge is 0.396 e. The van der Waals surface area contributed by atoms with Crippen LogP contribution >= 0.6 is 0 Å². The molecule has 2 heterocycles. The van der Waals surface area contributed by atoms with Gasteiger partial charge in [-0.1, -0.05) is 43.9 Å². The van der Waals surface area contributed by atoms with E-state index in [0.29, 0.717) is 98.7 Å². The fourth-order valence-electron chi connectivity index (χ4n) is 14.8. The van der Waals surface area contributed by atoms with Gasteiger partial charge in [0.2, 0.25) is 0 Å². The minimum absolute atomic E-state index is 0.0228. The maximum Gasteiger partial charge on any atom is 0.150 e. The molecule has 10 N–H and O–H groups in total. The van der Waals surface area contributed by atoms with Crippen molar-refractivity contribution in [3.05, 3.63) is 0 Å². The van der Waals surface area contributed by atoms with Crippen LogP contribution in [-0.2, 0) is 14.3 Å². The van der Waals surface area contributed by atoms with Gasteiger partial charge in [0.25, 0.3) is 0 Å². The Morgan fingerprint density at radius 1 is 0.787 bits per heavy atom. The minimum atomic E-state index is -0.840. The zero-order valence-corrected chi connectivity index (χ0v) is 37.9. The lowest BCUT2D eigenvalue weighted by atomic mass is 9.61. The highest BCUT2D eigenvalue weighted by Crippen LogP contribution is 2.49. The van der Waals surface area contributed by atoms with Crippen molar-refractivity contribution in [1.82, 2.24) is 0 Å². The zero-order valence-electron chi connectivity index (χ0n) is 37.9. The van der Waals surface area contributed by atoms with E-state index in [2.05, 4.69) is 22.5 Å². The number of rotatable bonds is 17. The van der Waals surface area contributed by atoms with E-state index in [0.717, 1.165) is 82.7 Å². The third-order valence-electron chi connectivity index (χ3n) is 18.2. The van der Waals surface area contributed by atoms with Crippen molar-refractivity contribution in [3.8, 4) is 11.8 Å². The van der Waals surface area contributed by atoms with Crippen molar-refractivity contribution in [3.63, 3.8) is 0 Å². The molecule has 0 bridgehead atoms. The van der Waals surface area contributed by atoms with E-state index in [1.165, 1.54) is 51.4 Å². The summed E-state index contributed by atoms with van der Waals surface area (Å²) in [6.45, 7) is 2.27. The molecule has 7 rings (SSSR count). The van der Waals surface area contributed by atoms with Crippen molar-refractivity contribution in [2.45, 2.75) is 197 Å². The van der Waals surface area contributed by atoms with Crippen LogP contribution < -0.4 is 16.4 Å². The first kappa shape index (κ1) is 47.5. The van der Waals surface area contributed by atoms with E-state index in [-0.39, 0.29) is 42.4 Å². The molecule has 61 heavy (non-hydrogen) atoms. The number of hydrogen-bond acceptors (Lipinski definition) is 8. The Bertz CT molecular complexity index is 1450. The molecule has 0 spiro atoms. The molecule has 346 valence electrons. The number of ketones is 2. The van der Waals surface area contributed by atoms with Crippen LogP contribution in [0.15, 0.2) is 0 Å². The molecule has 0 aromatic carbocycles. The van der Waals surface area contributed by atoms with Crippen molar-refractivity contribution in [1.29, 1.82) is 0 Å². The van der Waals surface area contributed by atoms with Gasteiger partial charge in [0, 0.05) is 50.7 Å². The lowest BCUT2D eigenvalue weighted by molar-refractivity contribution is -0.712. The van der Waals surface area contributed by atoms with Gasteiger partial charge in [-0.3, -0.25) is 15.3 Å². The summed E-state index contributed by atoms with van der Waals surface area (Å²) in [6.07, 6.45) is 21.8. The summed E-state index contributed by atoms with van der Waals surface area (Å²) in [6, 6.07) is 0.424. The van der Waals surface area contributed by atoms with Crippen molar-refractivity contribution in [2.24, 2.45) is 76.7 Å². The first-order chi connectivity index (χ1) is 29.6. The predicted molar refractivity (Wildman–Crippen MR) is 236 cm³/mol. The first-order valence-corrected chi connectivity index (χ1v) is 25.8. The van der Waals surface area contributed by atoms with Crippen LogP contribution in [-0.4, -0.2) is 95.4 Å². The van der Waals surface area contributed by atoms with E-state index in [4.69, 9.17) is 10.5 Å². The van der Waals surface area contributed by atoms with Crippen LogP contribution in [0.3, 0.4) is 0 Å². The quantitative estimate of drug-likeness (QED) is 0.106. The second-order valence-electron chi connectivity index (χ2n) is 21.9. The number of Topliss-reactive ketones (excluding diaryl/α,β-unsaturated/α-hetero) is 2. The van der Waals surface area contributed by atoms with Gasteiger partial charge >= 0.3 is 0 Å². The summed E-state index contributed by atoms with van der Waals surface area (Å²) in [5, 5.41) is 49.4. The number of carbonyl (C=O) groups is 2. The third kappa shape index (κ3) is 12.7. The number of aliphatic hydroxyl groups is 4. The Morgan fingerprint density at radius 2 is 1.56 bits per heavy atom. The molecule has 7 aliphatic rings. The number of fused-ring (bicyclic) bond motifs is 3. The van der Waals surface area contributed by atoms with Crippen molar-refractivity contribution in [2.75, 3.05) is 26.8 Å². The standard InChI is InChI=1S/C51H85N3O7/c1-61-50-26-37-16-20-48(59)43(47(58)10-4-8-32(9-5-23-55)40-25-39-14-18-42(57)29-46(39)54-31-40)19-15-34(45(37)30-49(50)60)13-17-41(56)28-44(38-21-22-53-51(52)27-38)36-12-11-33-6-2-3-7-35(33)24-36/h32-41,43-47,49-51,53-56,58,60H,2-14,16-18,20-31,52H2,1H3/p+2. The summed E-state index contributed by atoms with van der Waals surface area (Å²) < 4.78 is 5.75. The Hall–Kier alpha value is -1.42. The van der Waals surface area contributed by atoms with Gasteiger partial charge in [-0.25, -0.2) is 0 Å². The molecule has 0 aromatic heterocycles. The number of methoxy groups -OCH3 is 1. The molecule has 0 radical (unpaired) electrons. The van der Waals surface area contributed by atoms with Gasteiger partial charge in [0.1, 0.15) is 23.7 Å². The molecule has 18 unspecified atom stereocenters. The van der Waals surface area contributed by atoms with Gasteiger partial charge < -0.3 is 35.8 Å². The number of quaternary nitrogens is 2. The lowest BCUT2D eigenvalue weighted by Gasteiger charge is -2.45. The van der Waals surface area contributed by atoms with Crippen LogP contribution in [0.4, 0.5) is 0 Å². The van der Waals surface area contributed by atoms with Gasteiger partial charge in [0.05, 0.1) is 50.0 Å². The summed E-state index contributed by atoms with van der Waals surface area (Å²) >= 11 is 0. The smallest absolute Gasteiger partial charge is 0.150 e. The Balaban J connectivity index is 1.01. The van der Waals surface area contributed by atoms with E-state index < -0.39 is 24.2 Å². The molecular weight excluding hydrogens is 767 g/mol. The molecule has 18 atom stereocenters. The highest BCUT2D eigenvalue weighted by Gasteiger charge is 2.44. The molecule has 10 nitrogen and oxygen atoms in total. The first-order valence-electron chi connectivity index (χ1n) is 25.8. The SMILES string of the molecule is COC1CC2CCC(=O)C(C(O)CCCC(CCCO)C3C[NH2+]C4CC(=O)CCC4C3)C#CC(CCC(O)CC(C3CC[NH2+]C(N)C3)C3CCC4CCCCC4C3)C2CC1O. The van der Waals surface area contributed by atoms with Gasteiger partial charge in [-0.2, -0.15) is 0 Å². The number of hydrogen-bond donors (Lipinski definition) is 7. The maximum atomic E-state index is 13.9. The molecule has 0 amide bonds. The molecule has 2 aliphatic heterocycles. The lowest BCUT2D eigenvalue weighted by Crippen LogP contribution is -2.95. The molecule has 4 saturated carbocycles. The van der Waals surface area contributed by atoms with Crippen molar-refractivity contribution < 1.29 is 45.4 Å². The average molecular weight is 854 g/mol. The van der Waals surface area contributed by atoms with Gasteiger partial charge in [0.15, 0.2) is 0 Å². The molecule has 0 aromatic rings. The number of carbonyl (C=O) groups excluding carboxylic acids is 2. The monoisotopic (exact) mass is 854 g/mol. The van der Waals surface area contributed by atoms with Crippen LogP contribution in [0.1, 0.15) is 161 Å². The highest BCUT2D eigenvalue weighted by molar-refractivity contribution is 5.84. The third-order valence-corrected chi connectivity index (χ3v) is 18.2. The van der Waals surface area contributed by atoms with Gasteiger partial charge in [-0.15, -0.1) is 0 Å². The number of piperidine rings is 2. The zero-order chi connectivity index (χ0) is 42.9.